The van der Waals surface area contributed by atoms with E-state index in [9.17, 15) is 4.79 Å². The van der Waals surface area contributed by atoms with Gasteiger partial charge in [-0.05, 0) is 30.3 Å². The number of hydrogen-bond acceptors (Lipinski definition) is 5. The van der Waals surface area contributed by atoms with Gasteiger partial charge in [-0.1, -0.05) is 18.2 Å². The van der Waals surface area contributed by atoms with Crippen LogP contribution in [0.5, 0.6) is 5.75 Å². The minimum Gasteiger partial charge on any atom is -0.496 e. The maximum absolute atomic E-state index is 12.6. The lowest BCUT2D eigenvalue weighted by Gasteiger charge is -2.10. The second-order valence-corrected chi connectivity index (χ2v) is 5.43. The lowest BCUT2D eigenvalue weighted by molar-refractivity contribution is 0.416. The Morgan fingerprint density at radius 2 is 1.80 bits per heavy atom. The van der Waals surface area contributed by atoms with Gasteiger partial charge < -0.3 is 9.15 Å². The molecular weight excluding hydrogens is 316 g/mol. The Labute approximate surface area is 143 Å². The van der Waals surface area contributed by atoms with Crippen LogP contribution in [0.1, 0.15) is 0 Å². The number of aromatic nitrogens is 2. The summed E-state index contributed by atoms with van der Waals surface area (Å²) in [6, 6.07) is 16.1. The highest BCUT2D eigenvalue weighted by Gasteiger charge is 2.15. The molecular formula is C20H14N2O3. The summed E-state index contributed by atoms with van der Waals surface area (Å²) in [5, 5.41) is 0.468. The van der Waals surface area contributed by atoms with Crippen molar-refractivity contribution in [3.8, 4) is 28.5 Å². The summed E-state index contributed by atoms with van der Waals surface area (Å²) in [6.45, 7) is 0. The third-order valence-electron chi connectivity index (χ3n) is 3.92. The fraction of sp³-hybridized carbons (Fsp3) is 0.0500. The molecule has 0 unspecified atom stereocenters. The third kappa shape index (κ3) is 2.65. The van der Waals surface area contributed by atoms with Crippen LogP contribution in [-0.2, 0) is 0 Å². The van der Waals surface area contributed by atoms with Gasteiger partial charge in [-0.25, -0.2) is 0 Å². The van der Waals surface area contributed by atoms with E-state index < -0.39 is 0 Å². The number of para-hydroxylation sites is 1. The predicted molar refractivity (Wildman–Crippen MR) is 95.5 cm³/mol. The number of rotatable bonds is 3. The van der Waals surface area contributed by atoms with E-state index in [-0.39, 0.29) is 5.43 Å². The van der Waals surface area contributed by atoms with Gasteiger partial charge in [0.1, 0.15) is 17.1 Å². The molecule has 0 spiro atoms. The molecule has 3 aromatic heterocycles. The zero-order valence-electron chi connectivity index (χ0n) is 13.5. The van der Waals surface area contributed by atoms with E-state index in [1.165, 1.54) is 6.07 Å². The summed E-state index contributed by atoms with van der Waals surface area (Å²) in [7, 11) is 1.60. The Balaban J connectivity index is 2.03. The number of nitrogens with zero attached hydrogens (tertiary/aromatic N) is 2. The van der Waals surface area contributed by atoms with E-state index in [4.69, 9.17) is 9.15 Å². The molecule has 5 nitrogen and oxygen atoms in total. The fourth-order valence-corrected chi connectivity index (χ4v) is 2.75. The van der Waals surface area contributed by atoms with Crippen molar-refractivity contribution in [2.75, 3.05) is 7.11 Å². The third-order valence-corrected chi connectivity index (χ3v) is 3.92. The quantitative estimate of drug-likeness (QED) is 0.569. The summed E-state index contributed by atoms with van der Waals surface area (Å²) in [5.41, 5.74) is 2.19. The van der Waals surface area contributed by atoms with Crippen molar-refractivity contribution in [2.24, 2.45) is 0 Å². The molecule has 0 saturated carbocycles. The Kier molecular flexibility index (Phi) is 3.74. The van der Waals surface area contributed by atoms with Gasteiger partial charge in [-0.3, -0.25) is 14.8 Å². The van der Waals surface area contributed by atoms with Crippen LogP contribution in [0, 0.1) is 0 Å². The van der Waals surface area contributed by atoms with Crippen LogP contribution in [0.3, 0.4) is 0 Å². The summed E-state index contributed by atoms with van der Waals surface area (Å²) in [4.78, 5) is 21.2. The molecule has 122 valence electrons. The minimum atomic E-state index is -0.138. The lowest BCUT2D eigenvalue weighted by atomic mass is 10.1. The van der Waals surface area contributed by atoms with E-state index in [1.54, 1.807) is 31.6 Å². The highest BCUT2D eigenvalue weighted by Crippen LogP contribution is 2.33. The SMILES string of the molecule is COc1ccccc1-c1nccc2c(=O)cc(-c3ccccn3)oc12. The van der Waals surface area contributed by atoms with Crippen LogP contribution in [0.2, 0.25) is 0 Å². The van der Waals surface area contributed by atoms with Gasteiger partial charge in [-0.15, -0.1) is 0 Å². The highest BCUT2D eigenvalue weighted by atomic mass is 16.5. The molecule has 0 aliphatic rings. The summed E-state index contributed by atoms with van der Waals surface area (Å²) >= 11 is 0. The Morgan fingerprint density at radius 1 is 0.960 bits per heavy atom. The van der Waals surface area contributed by atoms with Crippen molar-refractivity contribution in [1.29, 1.82) is 0 Å². The van der Waals surface area contributed by atoms with Crippen molar-refractivity contribution < 1.29 is 9.15 Å². The van der Waals surface area contributed by atoms with Crippen LogP contribution in [0.25, 0.3) is 33.7 Å². The first-order valence-electron chi connectivity index (χ1n) is 7.75. The number of ether oxygens (including phenoxy) is 1. The zero-order chi connectivity index (χ0) is 17.2. The van der Waals surface area contributed by atoms with Crippen LogP contribution in [0.4, 0.5) is 0 Å². The normalized spacial score (nSPS) is 10.8. The second kappa shape index (κ2) is 6.20. The van der Waals surface area contributed by atoms with E-state index >= 15 is 0 Å². The van der Waals surface area contributed by atoms with Gasteiger partial charge in [0.15, 0.2) is 16.8 Å². The zero-order valence-corrected chi connectivity index (χ0v) is 13.5. The lowest BCUT2D eigenvalue weighted by Crippen LogP contribution is -2.03. The number of benzene rings is 1. The van der Waals surface area contributed by atoms with E-state index in [0.29, 0.717) is 33.9 Å². The van der Waals surface area contributed by atoms with Gasteiger partial charge in [0.2, 0.25) is 0 Å². The van der Waals surface area contributed by atoms with Crippen molar-refractivity contribution >= 4 is 11.0 Å². The summed E-state index contributed by atoms with van der Waals surface area (Å²) < 4.78 is 11.5. The average Bonchev–Trinajstić information content (AvgIpc) is 2.68. The van der Waals surface area contributed by atoms with E-state index in [1.807, 2.05) is 36.4 Å². The summed E-state index contributed by atoms with van der Waals surface area (Å²) in [6.07, 6.45) is 3.26. The predicted octanol–water partition coefficient (Wildman–Crippen LogP) is 3.93. The number of fused-ring (bicyclic) bond motifs is 1. The van der Waals surface area contributed by atoms with Crippen LogP contribution in [0.15, 0.2) is 76.2 Å². The Bertz CT molecular complexity index is 1100. The first kappa shape index (κ1) is 15.1. The largest absolute Gasteiger partial charge is 0.496 e. The number of hydrogen-bond donors (Lipinski definition) is 0. The molecule has 0 amide bonds. The smallest absolute Gasteiger partial charge is 0.193 e. The number of methoxy groups -OCH3 is 1. The summed E-state index contributed by atoms with van der Waals surface area (Å²) in [5.74, 6) is 1.07. The number of pyridine rings is 2. The molecule has 0 N–H and O–H groups in total. The Hall–Kier alpha value is -3.47. The molecule has 0 saturated heterocycles. The van der Waals surface area contributed by atoms with E-state index in [2.05, 4.69) is 9.97 Å². The van der Waals surface area contributed by atoms with Gasteiger partial charge >= 0.3 is 0 Å². The van der Waals surface area contributed by atoms with E-state index in [0.717, 1.165) is 5.56 Å². The molecule has 5 heteroatoms. The molecule has 25 heavy (non-hydrogen) atoms. The maximum atomic E-state index is 12.6. The van der Waals surface area contributed by atoms with Crippen LogP contribution in [-0.4, -0.2) is 17.1 Å². The van der Waals surface area contributed by atoms with Crippen molar-refractivity contribution in [3.63, 3.8) is 0 Å². The molecule has 4 rings (SSSR count). The second-order valence-electron chi connectivity index (χ2n) is 5.43. The molecule has 0 atom stereocenters. The van der Waals surface area contributed by atoms with Crippen molar-refractivity contribution in [3.05, 3.63) is 77.2 Å². The van der Waals surface area contributed by atoms with Gasteiger partial charge in [0, 0.05) is 24.0 Å². The molecule has 0 aliphatic heterocycles. The van der Waals surface area contributed by atoms with Crippen molar-refractivity contribution in [2.45, 2.75) is 0 Å². The Morgan fingerprint density at radius 3 is 2.60 bits per heavy atom. The molecule has 0 radical (unpaired) electrons. The molecule has 0 fully saturated rings. The first-order valence-corrected chi connectivity index (χ1v) is 7.75. The fourth-order valence-electron chi connectivity index (χ4n) is 2.75. The minimum absolute atomic E-state index is 0.138. The van der Waals surface area contributed by atoms with Gasteiger partial charge in [-0.2, -0.15) is 0 Å². The average molecular weight is 330 g/mol. The van der Waals surface area contributed by atoms with Gasteiger partial charge in [0.05, 0.1) is 12.5 Å². The highest BCUT2D eigenvalue weighted by molar-refractivity contribution is 5.91. The standard InChI is InChI=1S/C20H14N2O3/c1-24-17-8-3-2-6-14(17)19-20-13(9-11-22-19)16(23)12-18(25-20)15-7-4-5-10-21-15/h2-12H,1H3. The van der Waals surface area contributed by atoms with Crippen LogP contribution < -0.4 is 10.2 Å². The topological polar surface area (TPSA) is 65.2 Å². The first-order chi connectivity index (χ1) is 12.3. The molecule has 4 aromatic rings. The van der Waals surface area contributed by atoms with Gasteiger partial charge in [0.25, 0.3) is 0 Å². The van der Waals surface area contributed by atoms with Crippen LogP contribution >= 0.6 is 0 Å². The van der Waals surface area contributed by atoms with Crippen molar-refractivity contribution in [1.82, 2.24) is 9.97 Å². The molecule has 3 heterocycles. The maximum Gasteiger partial charge on any atom is 0.193 e. The molecule has 0 bridgehead atoms. The molecule has 0 aliphatic carbocycles. The molecule has 1 aromatic carbocycles. The monoisotopic (exact) mass is 330 g/mol.